The van der Waals surface area contributed by atoms with Gasteiger partial charge in [-0.1, -0.05) is 30.3 Å². The molecule has 1 aromatic carbocycles. The van der Waals surface area contributed by atoms with Gasteiger partial charge in [0, 0.05) is 32.3 Å². The second-order valence-corrected chi connectivity index (χ2v) is 7.35. The lowest BCUT2D eigenvalue weighted by molar-refractivity contribution is -0.0893. The maximum absolute atomic E-state index is 5.88. The van der Waals surface area contributed by atoms with Crippen LogP contribution in [-0.4, -0.2) is 42.8 Å². The van der Waals surface area contributed by atoms with E-state index in [2.05, 4.69) is 61.3 Å². The maximum atomic E-state index is 5.88. The Labute approximate surface area is 128 Å². The lowest BCUT2D eigenvalue weighted by Gasteiger charge is -2.48. The minimum Gasteiger partial charge on any atom is -0.375 e. The summed E-state index contributed by atoms with van der Waals surface area (Å²) >= 11 is 0. The molecular weight excluding hydrogens is 260 g/mol. The van der Waals surface area contributed by atoms with Crippen molar-refractivity contribution in [3.8, 4) is 0 Å². The smallest absolute Gasteiger partial charge is 0.0641 e. The lowest BCUT2D eigenvalue weighted by atomic mass is 9.86. The van der Waals surface area contributed by atoms with E-state index >= 15 is 0 Å². The van der Waals surface area contributed by atoms with Gasteiger partial charge in [-0.25, -0.2) is 0 Å². The highest BCUT2D eigenvalue weighted by molar-refractivity contribution is 5.25. The summed E-state index contributed by atoms with van der Waals surface area (Å²) in [5.74, 6) is 0. The van der Waals surface area contributed by atoms with Gasteiger partial charge in [-0.3, -0.25) is 4.90 Å². The van der Waals surface area contributed by atoms with Crippen molar-refractivity contribution in [1.82, 2.24) is 10.2 Å². The summed E-state index contributed by atoms with van der Waals surface area (Å²) < 4.78 is 5.88. The summed E-state index contributed by atoms with van der Waals surface area (Å²) in [4.78, 5) is 2.67. The maximum Gasteiger partial charge on any atom is 0.0641 e. The Morgan fingerprint density at radius 1 is 1.19 bits per heavy atom. The van der Waals surface area contributed by atoms with E-state index in [4.69, 9.17) is 4.74 Å². The van der Waals surface area contributed by atoms with Gasteiger partial charge in [0.25, 0.3) is 0 Å². The van der Waals surface area contributed by atoms with E-state index in [0.29, 0.717) is 6.04 Å². The molecule has 3 heteroatoms. The molecule has 2 aliphatic rings. The molecule has 21 heavy (non-hydrogen) atoms. The summed E-state index contributed by atoms with van der Waals surface area (Å²) in [6, 6.07) is 11.5. The van der Waals surface area contributed by atoms with Crippen LogP contribution in [0, 0.1) is 0 Å². The number of nitrogens with one attached hydrogen (secondary N) is 1. The Hall–Kier alpha value is -0.900. The van der Waals surface area contributed by atoms with Gasteiger partial charge in [0.05, 0.1) is 11.1 Å². The van der Waals surface area contributed by atoms with E-state index in [9.17, 15) is 0 Å². The normalized spacial score (nSPS) is 33.8. The molecule has 1 N–H and O–H groups in total. The zero-order chi connectivity index (χ0) is 14.9. The van der Waals surface area contributed by atoms with Crippen LogP contribution >= 0.6 is 0 Å². The third-order valence-corrected chi connectivity index (χ3v) is 5.03. The largest absolute Gasteiger partial charge is 0.375 e. The quantitative estimate of drug-likeness (QED) is 0.905. The van der Waals surface area contributed by atoms with Crippen molar-refractivity contribution < 1.29 is 4.74 Å². The summed E-state index contributed by atoms with van der Waals surface area (Å²) in [5.41, 5.74) is 1.47. The van der Waals surface area contributed by atoms with Crippen molar-refractivity contribution in [2.75, 3.05) is 26.2 Å². The van der Waals surface area contributed by atoms with Crippen LogP contribution in [0.2, 0.25) is 0 Å². The molecular formula is C18H28N2O. The topological polar surface area (TPSA) is 24.5 Å². The van der Waals surface area contributed by atoms with Crippen LogP contribution in [0.15, 0.2) is 30.3 Å². The first kappa shape index (κ1) is 15.0. The Morgan fingerprint density at radius 3 is 2.67 bits per heavy atom. The molecule has 0 bridgehead atoms. The molecule has 2 fully saturated rings. The molecule has 2 atom stereocenters. The average molecular weight is 288 g/mol. The van der Waals surface area contributed by atoms with Crippen LogP contribution in [0.3, 0.4) is 0 Å². The number of hydrogen-bond acceptors (Lipinski definition) is 3. The van der Waals surface area contributed by atoms with Gasteiger partial charge in [0.2, 0.25) is 0 Å². The third kappa shape index (κ3) is 3.31. The fraction of sp³-hybridized carbons (Fsp3) is 0.667. The second kappa shape index (κ2) is 5.71. The molecule has 3 rings (SSSR count). The van der Waals surface area contributed by atoms with Gasteiger partial charge in [-0.2, -0.15) is 0 Å². The number of rotatable bonds is 2. The lowest BCUT2D eigenvalue weighted by Crippen LogP contribution is -2.60. The Morgan fingerprint density at radius 2 is 1.95 bits per heavy atom. The molecule has 1 aromatic rings. The Kier molecular flexibility index (Phi) is 4.08. The number of ether oxygens (including phenoxy) is 1. The van der Waals surface area contributed by atoms with Crippen molar-refractivity contribution in [3.05, 3.63) is 35.9 Å². The summed E-state index contributed by atoms with van der Waals surface area (Å²) in [6.45, 7) is 10.9. The fourth-order valence-electron chi connectivity index (χ4n) is 3.84. The first-order chi connectivity index (χ1) is 9.99. The molecule has 0 radical (unpaired) electrons. The summed E-state index contributed by atoms with van der Waals surface area (Å²) in [7, 11) is 0. The van der Waals surface area contributed by atoms with Gasteiger partial charge < -0.3 is 10.1 Å². The van der Waals surface area contributed by atoms with Crippen LogP contribution < -0.4 is 5.32 Å². The van der Waals surface area contributed by atoms with Crippen LogP contribution in [0.4, 0.5) is 0 Å². The standard InChI is InChI=1S/C18H28N2O/c1-17(2)13-16(9-12-21-17)20-11-10-19-18(3,14-20)15-7-5-4-6-8-15/h4-8,16,19H,9-14H2,1-3H3. The van der Waals surface area contributed by atoms with Crippen molar-refractivity contribution >= 4 is 0 Å². The summed E-state index contributed by atoms with van der Waals surface area (Å²) in [6.07, 6.45) is 2.30. The van der Waals surface area contributed by atoms with E-state index in [1.165, 1.54) is 5.56 Å². The fourth-order valence-corrected chi connectivity index (χ4v) is 3.84. The van der Waals surface area contributed by atoms with Crippen molar-refractivity contribution in [1.29, 1.82) is 0 Å². The van der Waals surface area contributed by atoms with Gasteiger partial charge in [-0.15, -0.1) is 0 Å². The monoisotopic (exact) mass is 288 g/mol. The number of hydrogen-bond donors (Lipinski definition) is 1. The first-order valence-corrected chi connectivity index (χ1v) is 8.17. The van der Waals surface area contributed by atoms with Crippen LogP contribution in [0.25, 0.3) is 0 Å². The first-order valence-electron chi connectivity index (χ1n) is 8.17. The summed E-state index contributed by atoms with van der Waals surface area (Å²) in [5, 5.41) is 3.73. The molecule has 0 aromatic heterocycles. The predicted octanol–water partition coefficient (Wildman–Crippen LogP) is 2.76. The van der Waals surface area contributed by atoms with E-state index < -0.39 is 0 Å². The third-order valence-electron chi connectivity index (χ3n) is 5.03. The molecule has 2 heterocycles. The van der Waals surface area contributed by atoms with Gasteiger partial charge >= 0.3 is 0 Å². The van der Waals surface area contributed by atoms with Crippen molar-refractivity contribution in [2.24, 2.45) is 0 Å². The number of nitrogens with zero attached hydrogens (tertiary/aromatic N) is 1. The van der Waals surface area contributed by atoms with E-state index in [0.717, 1.165) is 39.1 Å². The van der Waals surface area contributed by atoms with E-state index in [1.807, 2.05) is 0 Å². The van der Waals surface area contributed by atoms with Gasteiger partial charge in [-0.05, 0) is 39.2 Å². The molecule has 3 nitrogen and oxygen atoms in total. The molecule has 0 saturated carbocycles. The molecule has 2 aliphatic heterocycles. The molecule has 0 spiro atoms. The Bertz CT molecular complexity index is 473. The van der Waals surface area contributed by atoms with E-state index in [-0.39, 0.29) is 11.1 Å². The van der Waals surface area contributed by atoms with Crippen LogP contribution in [0.1, 0.15) is 39.2 Å². The van der Waals surface area contributed by atoms with Crippen molar-refractivity contribution in [3.63, 3.8) is 0 Å². The zero-order valence-corrected chi connectivity index (χ0v) is 13.6. The molecule has 0 aliphatic carbocycles. The molecule has 2 saturated heterocycles. The van der Waals surface area contributed by atoms with Gasteiger partial charge in [0.1, 0.15) is 0 Å². The van der Waals surface area contributed by atoms with Gasteiger partial charge in [0.15, 0.2) is 0 Å². The molecule has 116 valence electrons. The SMILES string of the molecule is CC1(C)CC(N2CCNC(C)(c3ccccc3)C2)CCO1. The number of benzene rings is 1. The van der Waals surface area contributed by atoms with Crippen molar-refractivity contribution in [2.45, 2.75) is 50.8 Å². The highest BCUT2D eigenvalue weighted by Gasteiger charge is 2.38. The number of piperazine rings is 1. The predicted molar refractivity (Wildman–Crippen MR) is 86.4 cm³/mol. The van der Waals surface area contributed by atoms with Crippen LogP contribution in [0.5, 0.6) is 0 Å². The minimum absolute atomic E-state index is 0.0247. The highest BCUT2D eigenvalue weighted by Crippen LogP contribution is 2.31. The Balaban J connectivity index is 1.74. The van der Waals surface area contributed by atoms with Crippen LogP contribution in [-0.2, 0) is 10.3 Å². The second-order valence-electron chi connectivity index (χ2n) is 7.35. The molecule has 2 unspecified atom stereocenters. The molecule has 0 amide bonds. The average Bonchev–Trinajstić information content (AvgIpc) is 2.47. The minimum atomic E-state index is 0.0247. The highest BCUT2D eigenvalue weighted by atomic mass is 16.5. The zero-order valence-electron chi connectivity index (χ0n) is 13.6. The van der Waals surface area contributed by atoms with E-state index in [1.54, 1.807) is 0 Å².